The minimum atomic E-state index is -0.635. The molecule has 0 spiro atoms. The van der Waals surface area contributed by atoms with Crippen LogP contribution in [0.3, 0.4) is 0 Å². The van der Waals surface area contributed by atoms with Crippen molar-refractivity contribution in [2.45, 2.75) is 44.5 Å². The van der Waals surface area contributed by atoms with E-state index in [9.17, 15) is 10.4 Å². The number of nitrogens with zero attached hydrogens (tertiary/aromatic N) is 2. The molecule has 6 nitrogen and oxygen atoms in total. The van der Waals surface area contributed by atoms with Gasteiger partial charge in [0, 0.05) is 20.0 Å². The molecule has 0 radical (unpaired) electrons. The first-order valence-corrected chi connectivity index (χ1v) is 7.84. The Kier molecular flexibility index (Phi) is 6.16. The fourth-order valence-electron chi connectivity index (χ4n) is 2.14. The molecular formula is C18H22N2O4. The Labute approximate surface area is 142 Å². The van der Waals surface area contributed by atoms with Crippen LogP contribution < -0.4 is 4.74 Å². The molecule has 0 atom stereocenters. The van der Waals surface area contributed by atoms with Crippen molar-refractivity contribution in [3.05, 3.63) is 23.5 Å². The normalized spacial score (nSPS) is 19.6. The molecule has 1 saturated carbocycles. The Hall–Kier alpha value is -2.12. The molecular weight excluding hydrogens is 308 g/mol. The third kappa shape index (κ3) is 5.21. The zero-order valence-electron chi connectivity index (χ0n) is 14.2. The van der Waals surface area contributed by atoms with Crippen molar-refractivity contribution < 1.29 is 19.3 Å². The van der Waals surface area contributed by atoms with Gasteiger partial charge in [-0.1, -0.05) is 5.92 Å². The van der Waals surface area contributed by atoms with Gasteiger partial charge in [0.05, 0.1) is 31.1 Å². The highest BCUT2D eigenvalue weighted by Gasteiger charge is 2.29. The van der Waals surface area contributed by atoms with Crippen molar-refractivity contribution in [1.82, 2.24) is 4.98 Å². The van der Waals surface area contributed by atoms with Crippen LogP contribution in [0.25, 0.3) is 0 Å². The van der Waals surface area contributed by atoms with E-state index >= 15 is 0 Å². The Morgan fingerprint density at radius 2 is 2.12 bits per heavy atom. The molecule has 0 bridgehead atoms. The predicted octanol–water partition coefficient (Wildman–Crippen LogP) is 1.65. The second-order valence-electron chi connectivity index (χ2n) is 6.14. The molecule has 1 N–H and O–H groups in total. The minimum Gasteiger partial charge on any atom is -0.487 e. The number of nitriles is 1. The van der Waals surface area contributed by atoms with E-state index in [2.05, 4.69) is 22.9 Å². The second-order valence-corrected chi connectivity index (χ2v) is 6.14. The van der Waals surface area contributed by atoms with Gasteiger partial charge >= 0.3 is 0 Å². The molecule has 24 heavy (non-hydrogen) atoms. The maximum Gasteiger partial charge on any atom is 0.155 e. The lowest BCUT2D eigenvalue weighted by Gasteiger charge is -2.31. The molecule has 0 amide bonds. The minimum absolute atomic E-state index is 0.0565. The third-order valence-corrected chi connectivity index (χ3v) is 3.59. The summed E-state index contributed by atoms with van der Waals surface area (Å²) in [6.45, 7) is 4.68. The first-order chi connectivity index (χ1) is 11.4. The van der Waals surface area contributed by atoms with E-state index < -0.39 is 5.60 Å². The van der Waals surface area contributed by atoms with E-state index in [1.54, 1.807) is 13.2 Å². The van der Waals surface area contributed by atoms with E-state index in [-0.39, 0.29) is 12.2 Å². The van der Waals surface area contributed by atoms with Gasteiger partial charge in [-0.05, 0) is 25.8 Å². The lowest BCUT2D eigenvalue weighted by Crippen LogP contribution is -2.37. The van der Waals surface area contributed by atoms with E-state index in [1.807, 2.05) is 13.8 Å². The molecule has 0 unspecified atom stereocenters. The molecule has 1 aromatic rings. The number of pyridine rings is 1. The number of methoxy groups -OCH3 is 1. The topological polar surface area (TPSA) is 84.6 Å². The lowest BCUT2D eigenvalue weighted by atomic mass is 9.92. The average molecular weight is 330 g/mol. The molecule has 2 rings (SSSR count). The predicted molar refractivity (Wildman–Crippen MR) is 87.4 cm³/mol. The molecule has 0 aromatic carbocycles. The highest BCUT2D eigenvalue weighted by molar-refractivity contribution is 5.46. The highest BCUT2D eigenvalue weighted by atomic mass is 16.5. The largest absolute Gasteiger partial charge is 0.487 e. The Morgan fingerprint density at radius 1 is 1.38 bits per heavy atom. The monoisotopic (exact) mass is 330 g/mol. The smallest absolute Gasteiger partial charge is 0.155 e. The van der Waals surface area contributed by atoms with Crippen molar-refractivity contribution in [2.75, 3.05) is 20.3 Å². The summed E-state index contributed by atoms with van der Waals surface area (Å²) in [6.07, 6.45) is 2.31. The quantitative estimate of drug-likeness (QED) is 0.630. The first kappa shape index (κ1) is 18.2. The molecule has 128 valence electrons. The number of aromatic nitrogens is 1. The number of hydrogen-bond acceptors (Lipinski definition) is 6. The van der Waals surface area contributed by atoms with Crippen LogP contribution >= 0.6 is 0 Å². The van der Waals surface area contributed by atoms with E-state index in [0.29, 0.717) is 43.1 Å². The number of ether oxygens (including phenoxy) is 3. The molecule has 1 aliphatic rings. The van der Waals surface area contributed by atoms with E-state index in [1.165, 1.54) is 6.20 Å². The SMILES string of the molecule is COCCOC(C)(C)C#Cc1cc(C#N)c(OC2CC(O)C2)cn1. The zero-order valence-corrected chi connectivity index (χ0v) is 14.2. The fraction of sp³-hybridized carbons (Fsp3) is 0.556. The standard InChI is InChI=1S/C18H22N2O4/c1-18(2,23-7-6-22-3)5-4-14-8-13(11-19)17(12-20-14)24-16-9-15(21)10-16/h8,12,15-16,21H,6-7,9-10H2,1-3H3. The van der Waals surface area contributed by atoms with Crippen molar-refractivity contribution in [3.8, 4) is 23.7 Å². The Morgan fingerprint density at radius 3 is 2.75 bits per heavy atom. The van der Waals surface area contributed by atoms with Gasteiger partial charge in [-0.3, -0.25) is 0 Å². The van der Waals surface area contributed by atoms with Crippen LogP contribution in [0.4, 0.5) is 0 Å². The number of hydrogen-bond donors (Lipinski definition) is 1. The van der Waals surface area contributed by atoms with Gasteiger partial charge in [-0.15, -0.1) is 0 Å². The average Bonchev–Trinajstić information content (AvgIpc) is 2.52. The fourth-order valence-corrected chi connectivity index (χ4v) is 2.14. The van der Waals surface area contributed by atoms with Crippen LogP contribution in [0.15, 0.2) is 12.3 Å². The summed E-state index contributed by atoms with van der Waals surface area (Å²) < 4.78 is 16.2. The third-order valence-electron chi connectivity index (χ3n) is 3.59. The van der Waals surface area contributed by atoms with Gasteiger partial charge < -0.3 is 19.3 Å². The van der Waals surface area contributed by atoms with Crippen LogP contribution in [0.5, 0.6) is 5.75 Å². The summed E-state index contributed by atoms with van der Waals surface area (Å²) in [5.41, 5.74) is 0.231. The highest BCUT2D eigenvalue weighted by Crippen LogP contribution is 2.27. The zero-order chi connectivity index (χ0) is 17.6. The lowest BCUT2D eigenvalue weighted by molar-refractivity contribution is -0.0110. The van der Waals surface area contributed by atoms with E-state index in [4.69, 9.17) is 14.2 Å². The summed E-state index contributed by atoms with van der Waals surface area (Å²) in [4.78, 5) is 4.22. The molecule has 6 heteroatoms. The van der Waals surface area contributed by atoms with Crippen LogP contribution in [0, 0.1) is 23.2 Å². The first-order valence-electron chi connectivity index (χ1n) is 7.84. The van der Waals surface area contributed by atoms with Gasteiger partial charge in [0.15, 0.2) is 5.75 Å². The van der Waals surface area contributed by atoms with Gasteiger partial charge in [0.25, 0.3) is 0 Å². The van der Waals surface area contributed by atoms with Crippen molar-refractivity contribution in [3.63, 3.8) is 0 Å². The van der Waals surface area contributed by atoms with Crippen molar-refractivity contribution >= 4 is 0 Å². The maximum atomic E-state index is 9.29. The van der Waals surface area contributed by atoms with Gasteiger partial charge in [0.2, 0.25) is 0 Å². The summed E-state index contributed by atoms with van der Waals surface area (Å²) in [6, 6.07) is 3.70. The van der Waals surface area contributed by atoms with Crippen LogP contribution in [0.1, 0.15) is 37.9 Å². The molecule has 1 aliphatic carbocycles. The number of rotatable bonds is 6. The number of aliphatic hydroxyl groups excluding tert-OH is 1. The molecule has 0 aliphatic heterocycles. The van der Waals surface area contributed by atoms with Gasteiger partial charge in [0.1, 0.15) is 23.5 Å². The van der Waals surface area contributed by atoms with E-state index in [0.717, 1.165) is 0 Å². The Balaban J connectivity index is 2.04. The summed E-state index contributed by atoms with van der Waals surface area (Å²) in [5.74, 6) is 6.36. The molecule has 1 heterocycles. The van der Waals surface area contributed by atoms with Gasteiger partial charge in [-0.2, -0.15) is 5.26 Å². The second kappa shape index (κ2) is 8.12. The molecule has 1 aromatic heterocycles. The van der Waals surface area contributed by atoms with Gasteiger partial charge in [-0.25, -0.2) is 4.98 Å². The summed E-state index contributed by atoms with van der Waals surface area (Å²) in [7, 11) is 1.61. The van der Waals surface area contributed by atoms with Crippen molar-refractivity contribution in [2.24, 2.45) is 0 Å². The molecule has 1 fully saturated rings. The Bertz CT molecular complexity index is 664. The summed E-state index contributed by atoms with van der Waals surface area (Å²) in [5, 5.41) is 18.6. The maximum absolute atomic E-state index is 9.29. The van der Waals surface area contributed by atoms with Crippen LogP contribution in [-0.2, 0) is 9.47 Å². The number of aliphatic hydroxyl groups is 1. The van der Waals surface area contributed by atoms with Crippen molar-refractivity contribution in [1.29, 1.82) is 5.26 Å². The summed E-state index contributed by atoms with van der Waals surface area (Å²) >= 11 is 0. The van der Waals surface area contributed by atoms with Crippen LogP contribution in [-0.4, -0.2) is 48.2 Å². The molecule has 0 saturated heterocycles. The van der Waals surface area contributed by atoms with Crippen LogP contribution in [0.2, 0.25) is 0 Å².